The van der Waals surface area contributed by atoms with Crippen molar-refractivity contribution in [3.8, 4) is 22.4 Å². The number of nitrogens with two attached hydrogens (primary N) is 1. The minimum atomic E-state index is -0.546. The molecule has 0 unspecified atom stereocenters. The fraction of sp³-hybridized carbons (Fsp3) is 0.0800. The number of nitrogens with zero attached hydrogens (tertiary/aromatic N) is 4. The van der Waals surface area contributed by atoms with Gasteiger partial charge < -0.3 is 10.7 Å². The van der Waals surface area contributed by atoms with Crippen molar-refractivity contribution in [3.05, 3.63) is 85.3 Å². The van der Waals surface area contributed by atoms with Gasteiger partial charge in [0.2, 0.25) is 0 Å². The molecule has 5 rings (SSSR count). The quantitative estimate of drug-likeness (QED) is 0.401. The van der Waals surface area contributed by atoms with E-state index < -0.39 is 6.03 Å². The van der Waals surface area contributed by atoms with Crippen LogP contribution in [0.25, 0.3) is 33.4 Å². The summed E-state index contributed by atoms with van der Waals surface area (Å²) in [4.78, 5) is 21.4. The molecule has 2 aromatic carbocycles. The number of H-pyrrole nitrogens is 1. The number of nitrogens with one attached hydrogen (secondary N) is 1. The molecule has 0 fully saturated rings. The first-order valence-corrected chi connectivity index (χ1v) is 10.4. The summed E-state index contributed by atoms with van der Waals surface area (Å²) in [7, 11) is 0. The maximum Gasteiger partial charge on any atom is 0.323 e. The van der Waals surface area contributed by atoms with E-state index in [2.05, 4.69) is 16.9 Å². The van der Waals surface area contributed by atoms with Gasteiger partial charge in [-0.05, 0) is 48.9 Å². The standard InChI is InChI=1S/C25H22N6O/c1-2-30-16-22(20-11-13-27-24-21(20)12-14-28-24)23(29-30)17-7-6-10-19(15-17)31(25(26)32)18-8-4-3-5-9-18/h3-16H,2H2,1H3,(H2,26,32)(H,27,28). The number of carbonyl (C=O) groups is 1. The molecule has 3 aromatic heterocycles. The van der Waals surface area contributed by atoms with Crippen LogP contribution in [0.2, 0.25) is 0 Å². The van der Waals surface area contributed by atoms with Gasteiger partial charge >= 0.3 is 6.03 Å². The van der Waals surface area contributed by atoms with Crippen molar-refractivity contribution in [1.82, 2.24) is 19.7 Å². The van der Waals surface area contributed by atoms with Crippen LogP contribution in [0.1, 0.15) is 6.92 Å². The van der Waals surface area contributed by atoms with E-state index in [0.717, 1.165) is 40.0 Å². The molecule has 0 aliphatic heterocycles. The molecule has 0 radical (unpaired) electrons. The van der Waals surface area contributed by atoms with Crippen molar-refractivity contribution in [2.24, 2.45) is 5.73 Å². The highest BCUT2D eigenvalue weighted by molar-refractivity contribution is 6.00. The molecule has 0 atom stereocenters. The molecule has 7 nitrogen and oxygen atoms in total. The lowest BCUT2D eigenvalue weighted by molar-refractivity contribution is 0.256. The highest BCUT2D eigenvalue weighted by Crippen LogP contribution is 2.36. The largest absolute Gasteiger partial charge is 0.351 e. The summed E-state index contributed by atoms with van der Waals surface area (Å²) in [5, 5.41) is 5.87. The van der Waals surface area contributed by atoms with E-state index >= 15 is 0 Å². The first-order chi connectivity index (χ1) is 15.7. The van der Waals surface area contributed by atoms with Gasteiger partial charge in [-0.3, -0.25) is 9.58 Å². The maximum atomic E-state index is 12.3. The molecule has 0 saturated heterocycles. The number of hydrogen-bond donors (Lipinski definition) is 2. The van der Waals surface area contributed by atoms with Crippen LogP contribution in [0.4, 0.5) is 16.2 Å². The first-order valence-electron chi connectivity index (χ1n) is 10.4. The normalized spacial score (nSPS) is 11.0. The van der Waals surface area contributed by atoms with Crippen molar-refractivity contribution >= 4 is 28.4 Å². The zero-order chi connectivity index (χ0) is 22.1. The van der Waals surface area contributed by atoms with Gasteiger partial charge in [0.25, 0.3) is 0 Å². The second-order valence-electron chi connectivity index (χ2n) is 7.41. The summed E-state index contributed by atoms with van der Waals surface area (Å²) in [5.41, 5.74) is 11.7. The Balaban J connectivity index is 1.66. The number of fused-ring (bicyclic) bond motifs is 1. The number of anilines is 2. The molecule has 0 saturated carbocycles. The predicted molar refractivity (Wildman–Crippen MR) is 127 cm³/mol. The van der Waals surface area contributed by atoms with Crippen molar-refractivity contribution in [2.75, 3.05) is 4.90 Å². The number of rotatable bonds is 5. The Morgan fingerprint density at radius 3 is 2.62 bits per heavy atom. The lowest BCUT2D eigenvalue weighted by Gasteiger charge is -2.21. The van der Waals surface area contributed by atoms with Crippen LogP contribution >= 0.6 is 0 Å². The highest BCUT2D eigenvalue weighted by Gasteiger charge is 2.19. The minimum absolute atomic E-state index is 0.546. The van der Waals surface area contributed by atoms with Gasteiger partial charge in [0.1, 0.15) is 11.3 Å². The van der Waals surface area contributed by atoms with Crippen molar-refractivity contribution in [3.63, 3.8) is 0 Å². The molecule has 32 heavy (non-hydrogen) atoms. The number of pyridine rings is 1. The number of carbonyl (C=O) groups excluding carboxylic acids is 1. The summed E-state index contributed by atoms with van der Waals surface area (Å²) >= 11 is 0. The maximum absolute atomic E-state index is 12.3. The third-order valence-electron chi connectivity index (χ3n) is 5.45. The van der Waals surface area contributed by atoms with Gasteiger partial charge in [-0.1, -0.05) is 30.3 Å². The van der Waals surface area contributed by atoms with Gasteiger partial charge in [0, 0.05) is 41.6 Å². The molecule has 3 heterocycles. The van der Waals surface area contributed by atoms with Crippen LogP contribution in [-0.4, -0.2) is 25.8 Å². The molecule has 158 valence electrons. The van der Waals surface area contributed by atoms with Crippen LogP contribution in [0.5, 0.6) is 0 Å². The van der Waals surface area contributed by atoms with Crippen LogP contribution in [-0.2, 0) is 6.54 Å². The highest BCUT2D eigenvalue weighted by atomic mass is 16.2. The number of para-hydroxylation sites is 1. The Morgan fingerprint density at radius 1 is 1.03 bits per heavy atom. The van der Waals surface area contributed by atoms with E-state index in [1.54, 1.807) is 6.20 Å². The van der Waals surface area contributed by atoms with Crippen LogP contribution in [0.3, 0.4) is 0 Å². The molecule has 0 aliphatic carbocycles. The molecule has 0 aliphatic rings. The molecule has 5 aromatic rings. The van der Waals surface area contributed by atoms with Crippen LogP contribution in [0.15, 0.2) is 85.3 Å². The van der Waals surface area contributed by atoms with Gasteiger partial charge in [-0.2, -0.15) is 5.10 Å². The third kappa shape index (κ3) is 3.39. The second-order valence-corrected chi connectivity index (χ2v) is 7.41. The van der Waals surface area contributed by atoms with Gasteiger partial charge in [0.05, 0.1) is 11.4 Å². The van der Waals surface area contributed by atoms with E-state index in [4.69, 9.17) is 10.8 Å². The Bertz CT molecular complexity index is 1400. The molecule has 2 amide bonds. The fourth-order valence-corrected chi connectivity index (χ4v) is 3.96. The molecular weight excluding hydrogens is 400 g/mol. The Kier molecular flexibility index (Phi) is 4.91. The molecule has 0 bridgehead atoms. The average Bonchev–Trinajstić information content (AvgIpc) is 3.47. The van der Waals surface area contributed by atoms with E-state index in [0.29, 0.717) is 11.4 Å². The summed E-state index contributed by atoms with van der Waals surface area (Å²) in [6.45, 7) is 2.80. The number of aryl methyl sites for hydroxylation is 1. The fourth-order valence-electron chi connectivity index (χ4n) is 3.96. The summed E-state index contributed by atoms with van der Waals surface area (Å²) < 4.78 is 1.92. The van der Waals surface area contributed by atoms with Crippen molar-refractivity contribution in [1.29, 1.82) is 0 Å². The summed E-state index contributed by atoms with van der Waals surface area (Å²) in [5.74, 6) is 0. The molecular formula is C25H22N6O. The molecule has 0 spiro atoms. The van der Waals surface area contributed by atoms with Gasteiger partial charge in [0.15, 0.2) is 0 Å². The topological polar surface area (TPSA) is 92.8 Å². The number of primary amides is 1. The van der Waals surface area contributed by atoms with Crippen LogP contribution in [0, 0.1) is 0 Å². The molecule has 7 heteroatoms. The SMILES string of the molecule is CCn1cc(-c2ccnc3[nH]ccc23)c(-c2cccc(N(C(N)=O)c3ccccc3)c2)n1. The number of hydrogen-bond acceptors (Lipinski definition) is 3. The number of aromatic nitrogens is 4. The van der Waals surface area contributed by atoms with E-state index in [-0.39, 0.29) is 0 Å². The first kappa shape index (κ1) is 19.6. The summed E-state index contributed by atoms with van der Waals surface area (Å²) in [6.07, 6.45) is 5.73. The average molecular weight is 422 g/mol. The summed E-state index contributed by atoms with van der Waals surface area (Å²) in [6, 6.07) is 20.6. The van der Waals surface area contributed by atoms with Crippen LogP contribution < -0.4 is 10.6 Å². The van der Waals surface area contributed by atoms with Crippen molar-refractivity contribution in [2.45, 2.75) is 13.5 Å². The minimum Gasteiger partial charge on any atom is -0.351 e. The van der Waals surface area contributed by atoms with Gasteiger partial charge in [-0.15, -0.1) is 0 Å². The number of aromatic amines is 1. The predicted octanol–water partition coefficient (Wildman–Crippen LogP) is 5.33. The van der Waals surface area contributed by atoms with E-state index in [1.165, 1.54) is 4.90 Å². The van der Waals surface area contributed by atoms with E-state index in [1.807, 2.05) is 83.8 Å². The Hall–Kier alpha value is -4.39. The number of benzene rings is 2. The number of urea groups is 1. The Labute approximate surface area is 185 Å². The monoisotopic (exact) mass is 422 g/mol. The lowest BCUT2D eigenvalue weighted by Crippen LogP contribution is -2.31. The van der Waals surface area contributed by atoms with Crippen molar-refractivity contribution < 1.29 is 4.79 Å². The molecule has 3 N–H and O–H groups in total. The lowest BCUT2D eigenvalue weighted by atomic mass is 10.00. The third-order valence-corrected chi connectivity index (χ3v) is 5.45. The van der Waals surface area contributed by atoms with E-state index in [9.17, 15) is 4.79 Å². The zero-order valence-electron chi connectivity index (χ0n) is 17.6. The zero-order valence-corrected chi connectivity index (χ0v) is 17.6. The number of amides is 2. The second kappa shape index (κ2) is 8.03. The smallest absolute Gasteiger partial charge is 0.323 e. The van der Waals surface area contributed by atoms with Gasteiger partial charge in [-0.25, -0.2) is 9.78 Å². The Morgan fingerprint density at radius 2 is 1.84 bits per heavy atom.